The van der Waals surface area contributed by atoms with Crippen LogP contribution in [0.5, 0.6) is 0 Å². The Morgan fingerprint density at radius 1 is 0.953 bits per heavy atom. The van der Waals surface area contributed by atoms with Gasteiger partial charge in [-0.2, -0.15) is 0 Å². The molecule has 7 nitrogen and oxygen atoms in total. The fraction of sp³-hybridized carbons (Fsp3) is 0.355. The number of carbonyl (C=O) groups excluding carboxylic acids is 2. The van der Waals surface area contributed by atoms with Crippen LogP contribution in [-0.4, -0.2) is 50.5 Å². The van der Waals surface area contributed by atoms with Crippen molar-refractivity contribution < 1.29 is 26.8 Å². The minimum atomic E-state index is -3.88. The van der Waals surface area contributed by atoms with Gasteiger partial charge in [-0.05, 0) is 47.7 Å². The zero-order chi connectivity index (χ0) is 31.7. The number of benzene rings is 3. The average molecular weight is 655 g/mol. The number of anilines is 1. The lowest BCUT2D eigenvalue weighted by atomic mass is 10.0. The monoisotopic (exact) mass is 653 g/mol. The summed E-state index contributed by atoms with van der Waals surface area (Å²) in [5, 5.41) is 3.68. The van der Waals surface area contributed by atoms with Gasteiger partial charge in [0.25, 0.3) is 0 Å². The Hall–Kier alpha value is -3.21. The quantitative estimate of drug-likeness (QED) is 0.223. The van der Waals surface area contributed by atoms with E-state index in [2.05, 4.69) is 5.32 Å². The van der Waals surface area contributed by atoms with Crippen LogP contribution in [0.4, 0.5) is 14.5 Å². The molecule has 0 aromatic heterocycles. The zero-order valence-corrected chi connectivity index (χ0v) is 26.5. The van der Waals surface area contributed by atoms with E-state index >= 15 is 0 Å². The van der Waals surface area contributed by atoms with Crippen molar-refractivity contribution in [2.75, 3.05) is 23.7 Å². The van der Waals surface area contributed by atoms with Gasteiger partial charge in [0.2, 0.25) is 21.8 Å². The van der Waals surface area contributed by atoms with E-state index in [0.29, 0.717) is 22.2 Å². The molecule has 3 rings (SSSR count). The molecule has 0 heterocycles. The highest BCUT2D eigenvalue weighted by atomic mass is 35.5. The molecule has 1 atom stereocenters. The maximum Gasteiger partial charge on any atom is 0.243 e. The molecule has 0 radical (unpaired) electrons. The lowest BCUT2D eigenvalue weighted by Crippen LogP contribution is -2.51. The van der Waals surface area contributed by atoms with Gasteiger partial charge in [0.15, 0.2) is 11.6 Å². The highest BCUT2D eigenvalue weighted by molar-refractivity contribution is 7.92. The summed E-state index contributed by atoms with van der Waals surface area (Å²) >= 11 is 12.5. The summed E-state index contributed by atoms with van der Waals surface area (Å²) in [7, 11) is -3.88. The number of amides is 2. The van der Waals surface area contributed by atoms with Gasteiger partial charge in [0.1, 0.15) is 6.04 Å². The molecule has 43 heavy (non-hydrogen) atoms. The van der Waals surface area contributed by atoms with Crippen LogP contribution in [0.3, 0.4) is 0 Å². The first-order valence-corrected chi connectivity index (χ1v) is 16.3. The fourth-order valence-corrected chi connectivity index (χ4v) is 5.88. The van der Waals surface area contributed by atoms with Gasteiger partial charge in [0.05, 0.1) is 11.9 Å². The van der Waals surface area contributed by atoms with Gasteiger partial charge in [-0.1, -0.05) is 73.4 Å². The zero-order valence-electron chi connectivity index (χ0n) is 24.2. The Morgan fingerprint density at radius 2 is 1.65 bits per heavy atom. The van der Waals surface area contributed by atoms with Crippen LogP contribution in [-0.2, 0) is 32.6 Å². The predicted octanol–water partition coefficient (Wildman–Crippen LogP) is 6.23. The lowest BCUT2D eigenvalue weighted by molar-refractivity contribution is -0.141. The van der Waals surface area contributed by atoms with Gasteiger partial charge >= 0.3 is 0 Å². The molecule has 1 N–H and O–H groups in total. The summed E-state index contributed by atoms with van der Waals surface area (Å²) in [6, 6.07) is 16.1. The molecule has 0 bridgehead atoms. The van der Waals surface area contributed by atoms with Crippen molar-refractivity contribution in [3.05, 3.63) is 99.5 Å². The summed E-state index contributed by atoms with van der Waals surface area (Å²) in [4.78, 5) is 28.9. The molecule has 2 amide bonds. The Bertz CT molecular complexity index is 1520. The number of nitrogens with one attached hydrogen (secondary N) is 1. The molecule has 3 aromatic carbocycles. The van der Waals surface area contributed by atoms with Crippen molar-refractivity contribution >= 4 is 50.7 Å². The number of rotatable bonds is 14. The third-order valence-corrected chi connectivity index (χ3v) is 8.44. The standard InChI is InChI=1S/C31H35Cl2F2N3O4S/c1-21(2)19-36-31(40)29(16-22-8-5-4-6-9-22)37(20-23-11-12-24(32)17-26(23)33)30(39)10-7-15-38(43(3,41)42)25-13-14-27(34)28(35)18-25/h4-6,8-9,11-14,17-18,21,29H,7,10,15-16,19-20H2,1-3H3,(H,36,40)/t29-/m0/s1. The SMILES string of the molecule is CC(C)CNC(=O)[C@H](Cc1ccccc1)N(Cc1ccc(Cl)cc1Cl)C(=O)CCCN(c1ccc(F)c(F)c1)S(C)(=O)=O. The Labute approximate surface area is 261 Å². The van der Waals surface area contributed by atoms with E-state index in [1.54, 1.807) is 18.2 Å². The van der Waals surface area contributed by atoms with Crippen LogP contribution >= 0.6 is 23.2 Å². The van der Waals surface area contributed by atoms with Crippen molar-refractivity contribution in [2.45, 2.75) is 45.7 Å². The first kappa shape index (κ1) is 34.3. The second-order valence-corrected chi connectivity index (χ2v) is 13.4. The van der Waals surface area contributed by atoms with Crippen molar-refractivity contribution in [3.8, 4) is 0 Å². The summed E-state index contributed by atoms with van der Waals surface area (Å²) in [6.07, 6.45) is 1.08. The molecular weight excluding hydrogens is 619 g/mol. The number of halogens is 4. The molecule has 0 spiro atoms. The number of nitrogens with zero attached hydrogens (tertiary/aromatic N) is 2. The van der Waals surface area contributed by atoms with E-state index in [1.807, 2.05) is 44.2 Å². The van der Waals surface area contributed by atoms with Crippen LogP contribution < -0.4 is 9.62 Å². The predicted molar refractivity (Wildman–Crippen MR) is 167 cm³/mol. The van der Waals surface area contributed by atoms with E-state index in [4.69, 9.17) is 23.2 Å². The minimum Gasteiger partial charge on any atom is -0.354 e. The molecule has 232 valence electrons. The minimum absolute atomic E-state index is 0.000395. The molecule has 0 aliphatic rings. The molecule has 0 saturated heterocycles. The smallest absolute Gasteiger partial charge is 0.243 e. The molecule has 12 heteroatoms. The summed E-state index contributed by atoms with van der Waals surface area (Å²) in [6.45, 7) is 4.16. The maximum absolute atomic E-state index is 13.9. The van der Waals surface area contributed by atoms with Gasteiger partial charge in [-0.25, -0.2) is 17.2 Å². The molecule has 0 fully saturated rings. The first-order valence-electron chi connectivity index (χ1n) is 13.7. The summed E-state index contributed by atoms with van der Waals surface area (Å²) in [5.74, 6) is -2.87. The molecule has 0 saturated carbocycles. The number of hydrogen-bond donors (Lipinski definition) is 1. The Morgan fingerprint density at radius 3 is 2.26 bits per heavy atom. The second-order valence-electron chi connectivity index (χ2n) is 10.6. The van der Waals surface area contributed by atoms with Crippen molar-refractivity contribution in [1.82, 2.24) is 10.2 Å². The van der Waals surface area contributed by atoms with Gasteiger partial charge in [0, 0.05) is 48.6 Å². The van der Waals surface area contributed by atoms with Crippen molar-refractivity contribution in [3.63, 3.8) is 0 Å². The molecule has 0 aliphatic heterocycles. The second kappa shape index (κ2) is 15.5. The van der Waals surface area contributed by atoms with Crippen LogP contribution in [0, 0.1) is 17.6 Å². The highest BCUT2D eigenvalue weighted by Crippen LogP contribution is 2.25. The van der Waals surface area contributed by atoms with Crippen LogP contribution in [0.1, 0.15) is 37.8 Å². The molecular formula is C31H35Cl2F2N3O4S. The molecule has 0 unspecified atom stereocenters. The van der Waals surface area contributed by atoms with Gasteiger partial charge in [-0.15, -0.1) is 0 Å². The van der Waals surface area contributed by atoms with Gasteiger partial charge in [-0.3, -0.25) is 13.9 Å². The third kappa shape index (κ3) is 10.2. The number of carbonyl (C=O) groups is 2. The molecule has 0 aliphatic carbocycles. The van der Waals surface area contributed by atoms with Gasteiger partial charge < -0.3 is 10.2 Å². The topological polar surface area (TPSA) is 86.8 Å². The van der Waals surface area contributed by atoms with E-state index < -0.39 is 33.6 Å². The average Bonchev–Trinajstić information content (AvgIpc) is 2.94. The number of sulfonamides is 1. The Kier molecular flexibility index (Phi) is 12.4. The van der Waals surface area contributed by atoms with E-state index in [1.165, 1.54) is 4.90 Å². The molecule has 3 aromatic rings. The van der Waals surface area contributed by atoms with Crippen LogP contribution in [0.25, 0.3) is 0 Å². The van der Waals surface area contributed by atoms with Crippen LogP contribution in [0.15, 0.2) is 66.7 Å². The van der Waals surface area contributed by atoms with E-state index in [0.717, 1.165) is 34.3 Å². The highest BCUT2D eigenvalue weighted by Gasteiger charge is 2.31. The van der Waals surface area contributed by atoms with Crippen molar-refractivity contribution in [1.29, 1.82) is 0 Å². The van der Waals surface area contributed by atoms with E-state index in [9.17, 15) is 26.8 Å². The first-order chi connectivity index (χ1) is 20.3. The van der Waals surface area contributed by atoms with E-state index in [-0.39, 0.29) is 49.9 Å². The summed E-state index contributed by atoms with van der Waals surface area (Å²) < 4.78 is 53.3. The third-order valence-electron chi connectivity index (χ3n) is 6.65. The largest absolute Gasteiger partial charge is 0.354 e. The normalized spacial score (nSPS) is 12.2. The van der Waals surface area contributed by atoms with Crippen LogP contribution in [0.2, 0.25) is 10.0 Å². The number of hydrogen-bond acceptors (Lipinski definition) is 4. The lowest BCUT2D eigenvalue weighted by Gasteiger charge is -2.32. The van der Waals surface area contributed by atoms with Crippen molar-refractivity contribution in [2.24, 2.45) is 5.92 Å². The Balaban J connectivity index is 1.92. The fourth-order valence-electron chi connectivity index (χ4n) is 4.45. The maximum atomic E-state index is 13.9. The summed E-state index contributed by atoms with van der Waals surface area (Å²) in [5.41, 5.74) is 1.36.